The van der Waals surface area contributed by atoms with Gasteiger partial charge in [-0.3, -0.25) is 0 Å². The summed E-state index contributed by atoms with van der Waals surface area (Å²) < 4.78 is 29.1. The molecular formula is C38H40FN5O3. The van der Waals surface area contributed by atoms with E-state index in [2.05, 4.69) is 21.0 Å². The molecule has 9 rings (SSSR count). The Labute approximate surface area is 274 Å². The van der Waals surface area contributed by atoms with E-state index in [0.717, 1.165) is 88.0 Å². The lowest BCUT2D eigenvalue weighted by Gasteiger charge is -2.34. The molecule has 2 N–H and O–H groups in total. The van der Waals surface area contributed by atoms with E-state index in [9.17, 15) is 5.11 Å². The van der Waals surface area contributed by atoms with Gasteiger partial charge in [-0.25, -0.2) is 4.39 Å². The van der Waals surface area contributed by atoms with E-state index in [1.165, 1.54) is 0 Å². The molecule has 0 radical (unpaired) electrons. The molecule has 1 aromatic heterocycles. The number of hydrogen-bond acceptors (Lipinski definition) is 8. The molecule has 9 heteroatoms. The van der Waals surface area contributed by atoms with Gasteiger partial charge in [-0.1, -0.05) is 24.1 Å². The topological polar surface area (TPSA) is 83.0 Å². The minimum atomic E-state index is -0.475. The first kappa shape index (κ1) is 29.2. The van der Waals surface area contributed by atoms with E-state index in [4.69, 9.17) is 25.9 Å². The fraction of sp³-hybridized carbons (Fsp3) is 0.474. The highest BCUT2D eigenvalue weighted by molar-refractivity contribution is 6.04. The van der Waals surface area contributed by atoms with Crippen LogP contribution >= 0.6 is 0 Å². The van der Waals surface area contributed by atoms with Crippen LogP contribution in [0.1, 0.15) is 36.8 Å². The van der Waals surface area contributed by atoms with Gasteiger partial charge in [-0.2, -0.15) is 9.97 Å². The van der Waals surface area contributed by atoms with E-state index < -0.39 is 5.82 Å². The number of terminal acetylenes is 1. The van der Waals surface area contributed by atoms with Gasteiger partial charge >= 0.3 is 6.01 Å². The summed E-state index contributed by atoms with van der Waals surface area (Å²) in [7, 11) is 0. The molecule has 47 heavy (non-hydrogen) atoms. The molecular weight excluding hydrogens is 593 g/mol. The van der Waals surface area contributed by atoms with Crippen molar-refractivity contribution in [3.8, 4) is 35.2 Å². The average Bonchev–Trinajstić information content (AvgIpc) is 3.30. The van der Waals surface area contributed by atoms with Gasteiger partial charge in [0.25, 0.3) is 0 Å². The number of phenols is 1. The summed E-state index contributed by atoms with van der Waals surface area (Å²) in [6.07, 6.45) is 10.4. The number of piperazine rings is 1. The van der Waals surface area contributed by atoms with Crippen LogP contribution < -0.4 is 15.0 Å². The summed E-state index contributed by atoms with van der Waals surface area (Å²) in [5.74, 6) is 4.38. The lowest BCUT2D eigenvalue weighted by Crippen LogP contribution is -2.51. The van der Waals surface area contributed by atoms with E-state index in [-0.39, 0.29) is 22.7 Å². The summed E-state index contributed by atoms with van der Waals surface area (Å²) >= 11 is 0. The first-order chi connectivity index (χ1) is 22.9. The zero-order valence-corrected chi connectivity index (χ0v) is 26.8. The van der Waals surface area contributed by atoms with Crippen molar-refractivity contribution >= 4 is 27.5 Å². The maximum Gasteiger partial charge on any atom is 0.319 e. The lowest BCUT2D eigenvalue weighted by molar-refractivity contribution is 0.131. The fourth-order valence-electron chi connectivity index (χ4n) is 8.69. The number of aromatic nitrogens is 2. The Kier molecular flexibility index (Phi) is 6.86. The standard InChI is InChI=1S/C38H40FN5O3/c1-3-29-22(2)4-5-23-12-28(45)13-32(33(23)29)30-8-9-31-35(34(30)39)41-37(42-36(31)44-16-26-6-7-27(17-44)40-26)47-21-38(10-11-38)20-43-14-24-18-46-19-25(24)15-43/h1,4-5,8-9,12-13,24-27,40,45H,6-7,10-11,14-21H2,2H3/t24-,25-,26?,27?/m0/s1. The van der Waals surface area contributed by atoms with Crippen molar-refractivity contribution < 1.29 is 19.0 Å². The second-order valence-electron chi connectivity index (χ2n) is 14.7. The van der Waals surface area contributed by atoms with Gasteiger partial charge in [0.2, 0.25) is 0 Å². The van der Waals surface area contributed by atoms with Crippen molar-refractivity contribution in [2.45, 2.75) is 44.7 Å². The number of anilines is 1. The van der Waals surface area contributed by atoms with Crippen LogP contribution in [-0.4, -0.2) is 84.6 Å². The second-order valence-corrected chi connectivity index (χ2v) is 14.7. The minimum Gasteiger partial charge on any atom is -0.508 e. The van der Waals surface area contributed by atoms with Gasteiger partial charge < -0.3 is 29.7 Å². The van der Waals surface area contributed by atoms with Crippen LogP contribution in [0.3, 0.4) is 0 Å². The number of aromatic hydroxyl groups is 1. The molecule has 8 nitrogen and oxygen atoms in total. The van der Waals surface area contributed by atoms with Gasteiger partial charge in [0.1, 0.15) is 17.1 Å². The van der Waals surface area contributed by atoms with E-state index in [0.29, 0.717) is 58.4 Å². The van der Waals surface area contributed by atoms with Crippen LogP contribution in [0.4, 0.5) is 10.2 Å². The van der Waals surface area contributed by atoms with Crippen molar-refractivity contribution in [3.05, 3.63) is 53.3 Å². The average molecular weight is 634 g/mol. The van der Waals surface area contributed by atoms with Crippen molar-refractivity contribution in [1.82, 2.24) is 20.2 Å². The first-order valence-corrected chi connectivity index (χ1v) is 17.0. The first-order valence-electron chi connectivity index (χ1n) is 17.0. The van der Waals surface area contributed by atoms with E-state index >= 15 is 4.39 Å². The number of halogens is 1. The van der Waals surface area contributed by atoms with Gasteiger partial charge in [-0.15, -0.1) is 6.42 Å². The molecule has 1 saturated carbocycles. The summed E-state index contributed by atoms with van der Waals surface area (Å²) in [6.45, 7) is 9.00. The molecule has 4 aromatic rings. The largest absolute Gasteiger partial charge is 0.508 e. The smallest absolute Gasteiger partial charge is 0.319 e. The number of fused-ring (bicyclic) bond motifs is 5. The number of hydrogen-bond donors (Lipinski definition) is 2. The number of phenolic OH excluding ortho intramolecular Hbond substituents is 1. The summed E-state index contributed by atoms with van der Waals surface area (Å²) in [5.41, 5.74) is 2.77. The Morgan fingerprint density at radius 2 is 1.81 bits per heavy atom. The zero-order valence-electron chi connectivity index (χ0n) is 26.8. The van der Waals surface area contributed by atoms with Crippen LogP contribution in [0.15, 0.2) is 36.4 Å². The number of likely N-dealkylation sites (tertiary alicyclic amines) is 1. The molecule has 4 atom stereocenters. The molecule has 1 aliphatic carbocycles. The molecule has 2 unspecified atom stereocenters. The van der Waals surface area contributed by atoms with Crippen molar-refractivity contribution in [2.24, 2.45) is 17.3 Å². The number of ether oxygens (including phenoxy) is 2. The third kappa shape index (κ3) is 5.09. The van der Waals surface area contributed by atoms with Crippen LogP contribution in [0, 0.1) is 42.3 Å². The Bertz CT molecular complexity index is 1930. The molecule has 4 saturated heterocycles. The molecule has 2 bridgehead atoms. The Balaban J connectivity index is 1.11. The predicted octanol–water partition coefficient (Wildman–Crippen LogP) is 5.26. The Morgan fingerprint density at radius 1 is 1.04 bits per heavy atom. The fourth-order valence-corrected chi connectivity index (χ4v) is 8.69. The second kappa shape index (κ2) is 11.0. The maximum atomic E-state index is 17.0. The monoisotopic (exact) mass is 633 g/mol. The summed E-state index contributed by atoms with van der Waals surface area (Å²) in [4.78, 5) is 14.6. The van der Waals surface area contributed by atoms with Crippen LogP contribution in [0.5, 0.6) is 11.8 Å². The summed E-state index contributed by atoms with van der Waals surface area (Å²) in [6, 6.07) is 11.8. The quantitative estimate of drug-likeness (QED) is 0.267. The van der Waals surface area contributed by atoms with Crippen molar-refractivity contribution in [3.63, 3.8) is 0 Å². The SMILES string of the molecule is C#Cc1c(C)ccc2cc(O)cc(-c3ccc4c(N5CC6CCC(C5)N6)nc(OCC5(CN6C[C@H]7COC[C@@H]7C6)CC5)nc4c3F)c12. The third-order valence-corrected chi connectivity index (χ3v) is 11.4. The van der Waals surface area contributed by atoms with Gasteiger partial charge in [0, 0.05) is 84.0 Å². The van der Waals surface area contributed by atoms with Crippen molar-refractivity contribution in [2.75, 3.05) is 57.4 Å². The van der Waals surface area contributed by atoms with Gasteiger partial charge in [-0.05, 0) is 67.3 Å². The predicted molar refractivity (Wildman–Crippen MR) is 180 cm³/mol. The Hall–Kier alpha value is -3.97. The third-order valence-electron chi connectivity index (χ3n) is 11.4. The number of benzene rings is 3. The molecule has 3 aromatic carbocycles. The molecule has 242 valence electrons. The molecule has 0 amide bonds. The van der Waals surface area contributed by atoms with Crippen molar-refractivity contribution in [1.29, 1.82) is 0 Å². The molecule has 0 spiro atoms. The molecule has 5 heterocycles. The Morgan fingerprint density at radius 3 is 2.53 bits per heavy atom. The van der Waals surface area contributed by atoms with E-state index in [1.807, 2.05) is 25.1 Å². The molecule has 4 aliphatic heterocycles. The normalized spacial score (nSPS) is 26.2. The van der Waals surface area contributed by atoms with Crippen LogP contribution in [-0.2, 0) is 4.74 Å². The molecule has 5 fully saturated rings. The minimum absolute atomic E-state index is 0.0476. The number of rotatable bonds is 7. The highest BCUT2D eigenvalue weighted by Crippen LogP contribution is 2.48. The highest BCUT2D eigenvalue weighted by Gasteiger charge is 2.48. The zero-order chi connectivity index (χ0) is 31.9. The molecule has 5 aliphatic rings. The van der Waals surface area contributed by atoms with E-state index in [1.54, 1.807) is 18.2 Å². The van der Waals surface area contributed by atoms with Crippen LogP contribution in [0.2, 0.25) is 0 Å². The lowest BCUT2D eigenvalue weighted by atomic mass is 9.91. The maximum absolute atomic E-state index is 17.0. The van der Waals surface area contributed by atoms with Gasteiger partial charge in [0.05, 0.1) is 19.8 Å². The number of nitrogens with one attached hydrogen (secondary N) is 1. The van der Waals surface area contributed by atoms with Crippen LogP contribution in [0.25, 0.3) is 32.8 Å². The number of nitrogens with zero attached hydrogens (tertiary/aromatic N) is 4. The number of aryl methyl sites for hydroxylation is 1. The summed E-state index contributed by atoms with van der Waals surface area (Å²) in [5, 5.41) is 16.5. The van der Waals surface area contributed by atoms with Gasteiger partial charge in [0.15, 0.2) is 5.82 Å². The highest BCUT2D eigenvalue weighted by atomic mass is 19.1.